The van der Waals surface area contributed by atoms with Gasteiger partial charge in [-0.15, -0.1) is 12.4 Å². The van der Waals surface area contributed by atoms with Gasteiger partial charge in [-0.3, -0.25) is 9.69 Å². The zero-order valence-electron chi connectivity index (χ0n) is 15.8. The third kappa shape index (κ3) is 7.31. The van der Waals surface area contributed by atoms with Gasteiger partial charge < -0.3 is 10.6 Å². The van der Waals surface area contributed by atoms with Gasteiger partial charge in [0.1, 0.15) is 6.54 Å². The van der Waals surface area contributed by atoms with Gasteiger partial charge >= 0.3 is 6.18 Å². The minimum absolute atomic E-state index is 0. The first-order chi connectivity index (χ1) is 12.2. The normalized spacial score (nSPS) is 20.6. The molecule has 154 valence electrons. The summed E-state index contributed by atoms with van der Waals surface area (Å²) in [5.41, 5.74) is 7.05. The number of nitrogens with two attached hydrogens (primary N) is 1. The molecule has 1 aromatic carbocycles. The van der Waals surface area contributed by atoms with Crippen molar-refractivity contribution < 1.29 is 18.0 Å². The first kappa shape index (κ1) is 23.7. The average molecular weight is 408 g/mol. The largest absolute Gasteiger partial charge is 0.406 e. The Hall–Kier alpha value is -1.31. The highest BCUT2D eigenvalue weighted by molar-refractivity contribution is 5.85. The number of halogens is 4. The fourth-order valence-electron chi connectivity index (χ4n) is 3.61. The van der Waals surface area contributed by atoms with E-state index in [9.17, 15) is 18.0 Å². The lowest BCUT2D eigenvalue weighted by molar-refractivity contribution is -0.162. The van der Waals surface area contributed by atoms with Crippen LogP contribution in [0.25, 0.3) is 0 Å². The van der Waals surface area contributed by atoms with E-state index in [-0.39, 0.29) is 43.3 Å². The monoisotopic (exact) mass is 407 g/mol. The second kappa shape index (κ2) is 10.3. The number of amides is 1. The predicted octanol–water partition coefficient (Wildman–Crippen LogP) is 3.13. The number of nitrogens with zero attached hydrogens (tertiary/aromatic N) is 2. The Balaban J connectivity index is 0.00000364. The second-order valence-corrected chi connectivity index (χ2v) is 7.49. The highest BCUT2D eigenvalue weighted by atomic mass is 35.5. The lowest BCUT2D eigenvalue weighted by Gasteiger charge is -2.27. The van der Waals surface area contributed by atoms with E-state index < -0.39 is 18.6 Å². The number of carbonyl (C=O) groups is 1. The van der Waals surface area contributed by atoms with E-state index in [0.717, 1.165) is 10.5 Å². The summed E-state index contributed by atoms with van der Waals surface area (Å²) < 4.78 is 38.4. The lowest BCUT2D eigenvalue weighted by atomic mass is 9.89. The number of carbonyl (C=O) groups excluding carboxylic acids is 1. The van der Waals surface area contributed by atoms with Gasteiger partial charge in [0.05, 0.1) is 6.54 Å². The molecule has 1 amide bonds. The van der Waals surface area contributed by atoms with Crippen LogP contribution in [0.5, 0.6) is 0 Å². The van der Waals surface area contributed by atoms with E-state index in [0.29, 0.717) is 19.6 Å². The first-order valence-electron chi connectivity index (χ1n) is 9.01. The third-order valence-corrected chi connectivity index (χ3v) is 4.71. The average Bonchev–Trinajstić information content (AvgIpc) is 2.96. The number of likely N-dealkylation sites (tertiary alicyclic amines) is 1. The Labute approximate surface area is 165 Å². The van der Waals surface area contributed by atoms with Gasteiger partial charge in [0.15, 0.2) is 0 Å². The molecule has 0 aromatic heterocycles. The highest BCUT2D eigenvalue weighted by Crippen LogP contribution is 2.32. The topological polar surface area (TPSA) is 49.6 Å². The first-order valence-corrected chi connectivity index (χ1v) is 9.01. The maximum absolute atomic E-state index is 12.8. The Kier molecular flexibility index (Phi) is 9.05. The van der Waals surface area contributed by atoms with Crippen LogP contribution in [-0.2, 0) is 4.79 Å². The van der Waals surface area contributed by atoms with E-state index in [1.807, 2.05) is 49.1 Å². The minimum Gasteiger partial charge on any atom is -0.332 e. The Morgan fingerprint density at radius 2 is 1.89 bits per heavy atom. The number of alkyl halides is 3. The predicted molar refractivity (Wildman–Crippen MR) is 103 cm³/mol. The molecule has 0 spiro atoms. The smallest absolute Gasteiger partial charge is 0.332 e. The summed E-state index contributed by atoms with van der Waals surface area (Å²) >= 11 is 0. The molecule has 0 bridgehead atoms. The molecule has 0 aliphatic carbocycles. The molecule has 1 fully saturated rings. The fourth-order valence-corrected chi connectivity index (χ4v) is 3.61. The molecular formula is C19H29ClF3N3O. The van der Waals surface area contributed by atoms with Crippen LogP contribution in [-0.4, -0.2) is 61.2 Å². The second-order valence-electron chi connectivity index (χ2n) is 7.49. The van der Waals surface area contributed by atoms with Crippen molar-refractivity contribution in [3.63, 3.8) is 0 Å². The van der Waals surface area contributed by atoms with E-state index in [4.69, 9.17) is 5.73 Å². The number of benzene rings is 1. The minimum atomic E-state index is -4.39. The van der Waals surface area contributed by atoms with Gasteiger partial charge in [-0.2, -0.15) is 13.2 Å². The number of hydrogen-bond donors (Lipinski definition) is 1. The maximum atomic E-state index is 12.8. The number of hydrogen-bond acceptors (Lipinski definition) is 3. The van der Waals surface area contributed by atoms with Gasteiger partial charge in [0.25, 0.3) is 0 Å². The van der Waals surface area contributed by atoms with Crippen molar-refractivity contribution in [3.8, 4) is 0 Å². The third-order valence-electron chi connectivity index (χ3n) is 4.71. The summed E-state index contributed by atoms with van der Waals surface area (Å²) in [6.07, 6.45) is -4.39. The van der Waals surface area contributed by atoms with Crippen molar-refractivity contribution in [1.82, 2.24) is 9.80 Å². The van der Waals surface area contributed by atoms with Crippen LogP contribution in [0, 0.1) is 11.8 Å². The van der Waals surface area contributed by atoms with Crippen molar-refractivity contribution in [1.29, 1.82) is 0 Å². The Morgan fingerprint density at radius 1 is 1.26 bits per heavy atom. The fraction of sp³-hybridized carbons (Fsp3) is 0.632. The molecule has 2 atom stereocenters. The Morgan fingerprint density at radius 3 is 2.41 bits per heavy atom. The number of rotatable bonds is 7. The van der Waals surface area contributed by atoms with E-state index in [1.165, 1.54) is 0 Å². The van der Waals surface area contributed by atoms with E-state index in [1.54, 1.807) is 0 Å². The molecule has 1 aliphatic heterocycles. The summed E-state index contributed by atoms with van der Waals surface area (Å²) in [7, 11) is 0. The van der Waals surface area contributed by atoms with Crippen LogP contribution in [0.1, 0.15) is 25.3 Å². The molecule has 8 heteroatoms. The SMILES string of the molecule is CC(C)CN(CC(F)(F)F)C(=O)CN1C[C@@H](CN)[C@H](c2ccccc2)C1.Cl. The summed E-state index contributed by atoms with van der Waals surface area (Å²) in [6, 6.07) is 9.94. The molecule has 1 aliphatic rings. The summed E-state index contributed by atoms with van der Waals surface area (Å²) in [4.78, 5) is 15.4. The van der Waals surface area contributed by atoms with Crippen molar-refractivity contribution >= 4 is 18.3 Å². The van der Waals surface area contributed by atoms with Crippen molar-refractivity contribution in [3.05, 3.63) is 35.9 Å². The summed E-state index contributed by atoms with van der Waals surface area (Å²) in [6.45, 7) is 4.29. The molecule has 2 N–H and O–H groups in total. The standard InChI is InChI=1S/C19H28F3N3O.ClH/c1-14(2)9-25(13-19(20,21)22)18(26)12-24-10-16(8-23)17(11-24)15-6-4-3-5-7-15;/h3-7,14,16-17H,8-13,23H2,1-2H3;1H/t16-,17+;/m1./s1. The molecule has 27 heavy (non-hydrogen) atoms. The molecule has 1 heterocycles. The Bertz CT molecular complexity index is 583. The summed E-state index contributed by atoms with van der Waals surface area (Å²) in [5, 5.41) is 0. The van der Waals surface area contributed by atoms with Gasteiger partial charge in [-0.25, -0.2) is 0 Å². The van der Waals surface area contributed by atoms with Crippen molar-refractivity contribution in [2.45, 2.75) is 25.9 Å². The molecule has 4 nitrogen and oxygen atoms in total. The van der Waals surface area contributed by atoms with Crippen LogP contribution in [0.4, 0.5) is 13.2 Å². The molecule has 0 unspecified atom stereocenters. The molecule has 1 aromatic rings. The quantitative estimate of drug-likeness (QED) is 0.755. The van der Waals surface area contributed by atoms with E-state index in [2.05, 4.69) is 0 Å². The summed E-state index contributed by atoms with van der Waals surface area (Å²) in [5.74, 6) is -0.0872. The van der Waals surface area contributed by atoms with E-state index >= 15 is 0 Å². The van der Waals surface area contributed by atoms with Crippen molar-refractivity contribution in [2.24, 2.45) is 17.6 Å². The van der Waals surface area contributed by atoms with Gasteiger partial charge in [-0.1, -0.05) is 44.2 Å². The van der Waals surface area contributed by atoms with Gasteiger partial charge in [0.2, 0.25) is 5.91 Å². The molecule has 0 radical (unpaired) electrons. The van der Waals surface area contributed by atoms with Gasteiger partial charge in [-0.05, 0) is 23.9 Å². The lowest BCUT2D eigenvalue weighted by Crippen LogP contribution is -2.45. The van der Waals surface area contributed by atoms with Crippen molar-refractivity contribution in [2.75, 3.05) is 39.3 Å². The van der Waals surface area contributed by atoms with Crippen LogP contribution >= 0.6 is 12.4 Å². The van der Waals surface area contributed by atoms with Crippen LogP contribution in [0.3, 0.4) is 0 Å². The van der Waals surface area contributed by atoms with Gasteiger partial charge in [0, 0.05) is 25.6 Å². The molecule has 0 saturated carbocycles. The molecule has 2 rings (SSSR count). The highest BCUT2D eigenvalue weighted by Gasteiger charge is 2.37. The zero-order valence-corrected chi connectivity index (χ0v) is 16.6. The molecular weight excluding hydrogens is 379 g/mol. The maximum Gasteiger partial charge on any atom is 0.406 e. The van der Waals surface area contributed by atoms with Crippen LogP contribution in [0.15, 0.2) is 30.3 Å². The van der Waals surface area contributed by atoms with Crippen LogP contribution in [0.2, 0.25) is 0 Å². The zero-order chi connectivity index (χ0) is 19.3. The van der Waals surface area contributed by atoms with Crippen LogP contribution < -0.4 is 5.73 Å². The molecule has 1 saturated heterocycles.